The van der Waals surface area contributed by atoms with Crippen LogP contribution >= 0.6 is 0 Å². The Morgan fingerprint density at radius 3 is 1.27 bits per heavy atom. The standard InChI is InChI=1S/C53H34N6/c1-4-14-36(15-5-1)50-56-51(37-16-6-2-7-17-37)58-52(57-50)38-26-24-35(25-27-38)48-42-20-10-12-22-44(42)49(45-23-13-11-21-43(45)48)40-28-29-46-47(34-40)59(41-18-8-3-9-19-41)53(55-46)39-30-32-54-33-31-39/h1-34H. The van der Waals surface area contributed by atoms with E-state index in [4.69, 9.17) is 19.9 Å². The molecule has 0 unspecified atom stereocenters. The van der Waals surface area contributed by atoms with E-state index in [1.165, 1.54) is 32.7 Å². The van der Waals surface area contributed by atoms with Gasteiger partial charge in [-0.1, -0.05) is 158 Å². The molecule has 0 spiro atoms. The van der Waals surface area contributed by atoms with Gasteiger partial charge in [0.2, 0.25) is 0 Å². The van der Waals surface area contributed by atoms with Gasteiger partial charge < -0.3 is 0 Å². The topological polar surface area (TPSA) is 69.4 Å². The van der Waals surface area contributed by atoms with Crippen molar-refractivity contribution >= 4 is 32.6 Å². The van der Waals surface area contributed by atoms with Crippen molar-refractivity contribution in [3.8, 4) is 73.5 Å². The normalized spacial score (nSPS) is 11.4. The number of imidazole rings is 1. The second-order valence-corrected chi connectivity index (χ2v) is 14.5. The van der Waals surface area contributed by atoms with E-state index in [9.17, 15) is 0 Å². The Balaban J connectivity index is 1.07. The molecule has 276 valence electrons. The Labute approximate surface area is 340 Å². The van der Waals surface area contributed by atoms with Crippen LogP contribution in [-0.4, -0.2) is 29.5 Å². The molecule has 8 aromatic carbocycles. The molecule has 59 heavy (non-hydrogen) atoms. The lowest BCUT2D eigenvalue weighted by molar-refractivity contribution is 1.07. The van der Waals surface area contributed by atoms with Gasteiger partial charge in [0, 0.05) is 40.3 Å². The first-order valence-corrected chi connectivity index (χ1v) is 19.7. The second kappa shape index (κ2) is 14.4. The molecule has 0 saturated heterocycles. The van der Waals surface area contributed by atoms with Crippen LogP contribution in [0.5, 0.6) is 0 Å². The molecule has 11 rings (SSSR count). The van der Waals surface area contributed by atoms with E-state index in [0.717, 1.165) is 55.9 Å². The van der Waals surface area contributed by atoms with E-state index in [-0.39, 0.29) is 0 Å². The zero-order valence-corrected chi connectivity index (χ0v) is 31.8. The van der Waals surface area contributed by atoms with Crippen molar-refractivity contribution in [3.63, 3.8) is 0 Å². The van der Waals surface area contributed by atoms with Gasteiger partial charge in [-0.25, -0.2) is 19.9 Å². The van der Waals surface area contributed by atoms with Crippen LogP contribution in [0.3, 0.4) is 0 Å². The average molecular weight is 755 g/mol. The molecular formula is C53H34N6. The first-order valence-electron chi connectivity index (χ1n) is 19.7. The molecule has 6 nitrogen and oxygen atoms in total. The zero-order chi connectivity index (χ0) is 39.1. The summed E-state index contributed by atoms with van der Waals surface area (Å²) in [6.45, 7) is 0. The van der Waals surface area contributed by atoms with Crippen molar-refractivity contribution in [3.05, 3.63) is 207 Å². The Bertz CT molecular complexity index is 3180. The third-order valence-corrected chi connectivity index (χ3v) is 11.0. The molecule has 0 fully saturated rings. The summed E-state index contributed by atoms with van der Waals surface area (Å²) in [5.41, 5.74) is 11.5. The maximum absolute atomic E-state index is 5.16. The summed E-state index contributed by atoms with van der Waals surface area (Å²) in [7, 11) is 0. The first kappa shape index (κ1) is 34.2. The van der Waals surface area contributed by atoms with Crippen molar-refractivity contribution in [1.82, 2.24) is 29.5 Å². The molecule has 6 heteroatoms. The average Bonchev–Trinajstić information content (AvgIpc) is 3.71. The molecule has 0 aliphatic heterocycles. The number of nitrogens with zero attached hydrogens (tertiary/aromatic N) is 6. The van der Waals surface area contributed by atoms with Gasteiger partial charge >= 0.3 is 0 Å². The van der Waals surface area contributed by atoms with Crippen LogP contribution in [0.2, 0.25) is 0 Å². The summed E-state index contributed by atoms with van der Waals surface area (Å²) in [4.78, 5) is 24.3. The Kier molecular flexibility index (Phi) is 8.37. The van der Waals surface area contributed by atoms with Gasteiger partial charge in [-0.05, 0) is 80.2 Å². The van der Waals surface area contributed by atoms with Crippen molar-refractivity contribution < 1.29 is 0 Å². The number of para-hydroxylation sites is 1. The van der Waals surface area contributed by atoms with Crippen LogP contribution in [0, 0.1) is 0 Å². The molecule has 3 heterocycles. The van der Waals surface area contributed by atoms with Crippen molar-refractivity contribution in [2.75, 3.05) is 0 Å². The highest BCUT2D eigenvalue weighted by Crippen LogP contribution is 2.45. The minimum absolute atomic E-state index is 0.631. The monoisotopic (exact) mass is 754 g/mol. The largest absolute Gasteiger partial charge is 0.292 e. The van der Waals surface area contributed by atoms with Gasteiger partial charge in [0.05, 0.1) is 11.0 Å². The lowest BCUT2D eigenvalue weighted by atomic mass is 9.86. The number of hydrogen-bond acceptors (Lipinski definition) is 5. The third-order valence-electron chi connectivity index (χ3n) is 11.0. The Morgan fingerprint density at radius 1 is 0.322 bits per heavy atom. The summed E-state index contributed by atoms with van der Waals surface area (Å²) >= 11 is 0. The van der Waals surface area contributed by atoms with Gasteiger partial charge in [-0.15, -0.1) is 0 Å². The van der Waals surface area contributed by atoms with Crippen molar-refractivity contribution in [2.24, 2.45) is 0 Å². The summed E-state index contributed by atoms with van der Waals surface area (Å²) in [5, 5.41) is 4.73. The molecule has 0 saturated carbocycles. The second-order valence-electron chi connectivity index (χ2n) is 14.5. The number of hydrogen-bond donors (Lipinski definition) is 0. The number of aromatic nitrogens is 6. The summed E-state index contributed by atoms with van der Waals surface area (Å²) in [5.74, 6) is 2.80. The van der Waals surface area contributed by atoms with E-state index in [1.807, 2.05) is 91.3 Å². The highest BCUT2D eigenvalue weighted by atomic mass is 15.1. The number of fused-ring (bicyclic) bond motifs is 3. The lowest BCUT2D eigenvalue weighted by Gasteiger charge is -2.18. The highest BCUT2D eigenvalue weighted by Gasteiger charge is 2.20. The third kappa shape index (κ3) is 6.11. The number of rotatable bonds is 7. The van der Waals surface area contributed by atoms with Crippen LogP contribution < -0.4 is 0 Å². The predicted octanol–water partition coefficient (Wildman–Crippen LogP) is 12.9. The van der Waals surface area contributed by atoms with Crippen molar-refractivity contribution in [1.29, 1.82) is 0 Å². The van der Waals surface area contributed by atoms with E-state index < -0.39 is 0 Å². The van der Waals surface area contributed by atoms with E-state index in [0.29, 0.717) is 17.5 Å². The fourth-order valence-electron chi connectivity index (χ4n) is 8.24. The van der Waals surface area contributed by atoms with E-state index in [2.05, 4.69) is 125 Å². The van der Waals surface area contributed by atoms with Gasteiger partial charge in [-0.3, -0.25) is 9.55 Å². The highest BCUT2D eigenvalue weighted by molar-refractivity contribution is 6.21. The maximum atomic E-state index is 5.16. The molecule has 0 aliphatic rings. The summed E-state index contributed by atoms with van der Waals surface area (Å²) in [6.07, 6.45) is 3.64. The van der Waals surface area contributed by atoms with Crippen LogP contribution in [0.15, 0.2) is 207 Å². The number of benzene rings is 8. The lowest BCUT2D eigenvalue weighted by Crippen LogP contribution is -2.00. The molecule has 11 aromatic rings. The summed E-state index contributed by atoms with van der Waals surface area (Å²) in [6, 6.07) is 67.5. The van der Waals surface area contributed by atoms with Crippen LogP contribution in [0.1, 0.15) is 0 Å². The molecule has 0 aliphatic carbocycles. The minimum atomic E-state index is 0.631. The van der Waals surface area contributed by atoms with Gasteiger partial charge in [-0.2, -0.15) is 0 Å². The molecule has 0 atom stereocenters. The Hall–Kier alpha value is -8.09. The van der Waals surface area contributed by atoms with E-state index >= 15 is 0 Å². The number of pyridine rings is 1. The molecular weight excluding hydrogens is 721 g/mol. The van der Waals surface area contributed by atoms with Crippen LogP contribution in [0.25, 0.3) is 106 Å². The van der Waals surface area contributed by atoms with Gasteiger partial charge in [0.25, 0.3) is 0 Å². The molecule has 0 radical (unpaired) electrons. The van der Waals surface area contributed by atoms with Gasteiger partial charge in [0.1, 0.15) is 5.82 Å². The smallest absolute Gasteiger partial charge is 0.164 e. The quantitative estimate of drug-likeness (QED) is 0.152. The molecule has 0 amide bonds. The Morgan fingerprint density at radius 2 is 0.746 bits per heavy atom. The minimum Gasteiger partial charge on any atom is -0.292 e. The van der Waals surface area contributed by atoms with E-state index in [1.54, 1.807) is 0 Å². The van der Waals surface area contributed by atoms with Crippen LogP contribution in [0.4, 0.5) is 0 Å². The predicted molar refractivity (Wildman–Crippen MR) is 240 cm³/mol. The van der Waals surface area contributed by atoms with Gasteiger partial charge in [0.15, 0.2) is 17.5 Å². The zero-order valence-electron chi connectivity index (χ0n) is 31.8. The molecule has 3 aromatic heterocycles. The molecule has 0 N–H and O–H groups in total. The fraction of sp³-hybridized carbons (Fsp3) is 0. The fourth-order valence-corrected chi connectivity index (χ4v) is 8.24. The maximum Gasteiger partial charge on any atom is 0.164 e. The molecule has 0 bridgehead atoms. The first-order chi connectivity index (χ1) is 29.3. The SMILES string of the molecule is c1ccc(-c2nc(-c3ccccc3)nc(-c3ccc(-c4c5ccccc5c(-c5ccc6nc(-c7ccncc7)n(-c7ccccc7)c6c5)c5ccccc45)cc3)n2)cc1. The van der Waals surface area contributed by atoms with Crippen LogP contribution in [-0.2, 0) is 0 Å². The van der Waals surface area contributed by atoms with Crippen molar-refractivity contribution in [2.45, 2.75) is 0 Å². The summed E-state index contributed by atoms with van der Waals surface area (Å²) < 4.78 is 2.26.